The Kier molecular flexibility index (Phi) is 5.42. The molecule has 0 unspecified atom stereocenters. The maximum absolute atomic E-state index is 12.4. The molecule has 0 atom stereocenters. The van der Waals surface area contributed by atoms with E-state index in [1.54, 1.807) is 4.68 Å². The molecule has 1 saturated heterocycles. The van der Waals surface area contributed by atoms with Crippen LogP contribution < -0.4 is 0 Å². The molecule has 0 saturated carbocycles. The van der Waals surface area contributed by atoms with Gasteiger partial charge < -0.3 is 4.90 Å². The van der Waals surface area contributed by atoms with Crippen LogP contribution in [0.15, 0.2) is 12.7 Å². The Morgan fingerprint density at radius 2 is 2.10 bits per heavy atom. The van der Waals surface area contributed by atoms with Crippen LogP contribution in [-0.2, 0) is 11.3 Å². The highest BCUT2D eigenvalue weighted by molar-refractivity contribution is 6.31. The first-order chi connectivity index (χ1) is 10.0. The van der Waals surface area contributed by atoms with Crippen LogP contribution in [0.25, 0.3) is 0 Å². The molecule has 1 aliphatic rings. The Morgan fingerprint density at radius 3 is 2.71 bits per heavy atom. The van der Waals surface area contributed by atoms with Crippen LogP contribution in [0, 0.1) is 13.8 Å². The van der Waals surface area contributed by atoms with Crippen molar-refractivity contribution in [1.82, 2.24) is 19.6 Å². The van der Waals surface area contributed by atoms with Crippen molar-refractivity contribution in [2.45, 2.75) is 26.8 Å². The molecule has 116 valence electrons. The van der Waals surface area contributed by atoms with Gasteiger partial charge in [-0.05, 0) is 20.3 Å². The van der Waals surface area contributed by atoms with E-state index in [9.17, 15) is 4.79 Å². The summed E-state index contributed by atoms with van der Waals surface area (Å²) in [7, 11) is 0. The number of halogens is 1. The van der Waals surface area contributed by atoms with Crippen molar-refractivity contribution in [2.24, 2.45) is 0 Å². The Morgan fingerprint density at radius 1 is 1.33 bits per heavy atom. The van der Waals surface area contributed by atoms with Crippen molar-refractivity contribution in [3.8, 4) is 0 Å². The summed E-state index contributed by atoms with van der Waals surface area (Å²) < 4.78 is 1.70. The van der Waals surface area contributed by atoms with E-state index in [4.69, 9.17) is 11.6 Å². The third kappa shape index (κ3) is 3.86. The van der Waals surface area contributed by atoms with Crippen molar-refractivity contribution in [3.63, 3.8) is 0 Å². The Hall–Kier alpha value is -1.33. The number of hydrogen-bond acceptors (Lipinski definition) is 3. The largest absolute Gasteiger partial charge is 0.340 e. The van der Waals surface area contributed by atoms with E-state index in [2.05, 4.69) is 16.6 Å². The SMILES string of the molecule is C=CCN1CCCN(C(=O)Cn2nc(C)c(Cl)c2C)CC1. The summed E-state index contributed by atoms with van der Waals surface area (Å²) in [6, 6.07) is 0. The number of amides is 1. The van der Waals surface area contributed by atoms with Crippen LogP contribution in [0.5, 0.6) is 0 Å². The Bertz CT molecular complexity index is 526. The van der Waals surface area contributed by atoms with E-state index in [0.29, 0.717) is 5.02 Å². The highest BCUT2D eigenvalue weighted by atomic mass is 35.5. The van der Waals surface area contributed by atoms with E-state index in [0.717, 1.165) is 50.5 Å². The van der Waals surface area contributed by atoms with Crippen molar-refractivity contribution >= 4 is 17.5 Å². The molecule has 0 aliphatic carbocycles. The number of carbonyl (C=O) groups is 1. The third-order valence-electron chi connectivity index (χ3n) is 3.91. The van der Waals surface area contributed by atoms with Gasteiger partial charge >= 0.3 is 0 Å². The minimum Gasteiger partial charge on any atom is -0.340 e. The van der Waals surface area contributed by atoms with Crippen molar-refractivity contribution in [1.29, 1.82) is 0 Å². The second kappa shape index (κ2) is 7.09. The van der Waals surface area contributed by atoms with E-state index in [1.165, 1.54) is 0 Å². The molecule has 0 aromatic carbocycles. The van der Waals surface area contributed by atoms with Crippen LogP contribution in [-0.4, -0.2) is 58.2 Å². The average molecular weight is 311 g/mol. The van der Waals surface area contributed by atoms with E-state index >= 15 is 0 Å². The summed E-state index contributed by atoms with van der Waals surface area (Å²) in [6.07, 6.45) is 2.91. The van der Waals surface area contributed by atoms with Gasteiger partial charge in [-0.2, -0.15) is 5.10 Å². The fraction of sp³-hybridized carbons (Fsp3) is 0.600. The Balaban J connectivity index is 1.97. The summed E-state index contributed by atoms with van der Waals surface area (Å²) in [5.41, 5.74) is 1.63. The number of carbonyl (C=O) groups excluding carboxylic acids is 1. The second-order valence-electron chi connectivity index (χ2n) is 5.47. The molecule has 2 rings (SSSR count). The quantitative estimate of drug-likeness (QED) is 0.797. The monoisotopic (exact) mass is 310 g/mol. The molecule has 0 N–H and O–H groups in total. The van der Waals surface area contributed by atoms with Crippen molar-refractivity contribution in [3.05, 3.63) is 29.1 Å². The first kappa shape index (κ1) is 16.0. The van der Waals surface area contributed by atoms with E-state index < -0.39 is 0 Å². The lowest BCUT2D eigenvalue weighted by Gasteiger charge is -2.21. The zero-order valence-electron chi connectivity index (χ0n) is 12.8. The summed E-state index contributed by atoms with van der Waals surface area (Å²) >= 11 is 6.12. The molecule has 6 heteroatoms. The van der Waals surface area contributed by atoms with Crippen molar-refractivity contribution < 1.29 is 4.79 Å². The van der Waals surface area contributed by atoms with Gasteiger partial charge in [0.2, 0.25) is 5.91 Å². The molecule has 2 heterocycles. The first-order valence-electron chi connectivity index (χ1n) is 7.33. The van der Waals surface area contributed by atoms with Gasteiger partial charge in [0.25, 0.3) is 0 Å². The predicted molar refractivity (Wildman–Crippen MR) is 84.5 cm³/mol. The number of rotatable bonds is 4. The number of aromatic nitrogens is 2. The minimum absolute atomic E-state index is 0.109. The molecular weight excluding hydrogens is 288 g/mol. The lowest BCUT2D eigenvalue weighted by Crippen LogP contribution is -2.37. The van der Waals surface area contributed by atoms with Gasteiger partial charge in [-0.25, -0.2) is 0 Å². The average Bonchev–Trinajstić information content (AvgIpc) is 2.65. The standard InChI is InChI=1S/C15H23ClN4O/c1-4-6-18-7-5-8-19(10-9-18)14(21)11-20-13(3)15(16)12(2)17-20/h4H,1,5-11H2,2-3H3. The maximum atomic E-state index is 12.4. The van der Waals surface area contributed by atoms with Gasteiger partial charge in [-0.15, -0.1) is 6.58 Å². The van der Waals surface area contributed by atoms with Crippen LogP contribution in [0.3, 0.4) is 0 Å². The van der Waals surface area contributed by atoms with E-state index in [1.807, 2.05) is 24.8 Å². The molecule has 5 nitrogen and oxygen atoms in total. The lowest BCUT2D eigenvalue weighted by atomic mass is 10.3. The molecule has 1 amide bonds. The fourth-order valence-corrected chi connectivity index (χ4v) is 2.78. The molecule has 0 spiro atoms. The molecule has 0 radical (unpaired) electrons. The minimum atomic E-state index is 0.109. The zero-order chi connectivity index (χ0) is 15.4. The highest BCUT2D eigenvalue weighted by Crippen LogP contribution is 2.19. The van der Waals surface area contributed by atoms with Crippen LogP contribution in [0.1, 0.15) is 17.8 Å². The van der Waals surface area contributed by atoms with Gasteiger partial charge in [-0.1, -0.05) is 17.7 Å². The smallest absolute Gasteiger partial charge is 0.244 e. The molecule has 0 bridgehead atoms. The van der Waals surface area contributed by atoms with Crippen LogP contribution in [0.2, 0.25) is 5.02 Å². The molecule has 1 aromatic rings. The first-order valence-corrected chi connectivity index (χ1v) is 7.71. The summed E-state index contributed by atoms with van der Waals surface area (Å²) in [5, 5.41) is 4.97. The van der Waals surface area contributed by atoms with Gasteiger partial charge in [0.1, 0.15) is 6.54 Å². The van der Waals surface area contributed by atoms with Gasteiger partial charge in [-0.3, -0.25) is 14.4 Å². The molecule has 1 aliphatic heterocycles. The molecule has 21 heavy (non-hydrogen) atoms. The number of nitrogens with zero attached hydrogens (tertiary/aromatic N) is 4. The number of hydrogen-bond donors (Lipinski definition) is 0. The molecule has 1 aromatic heterocycles. The van der Waals surface area contributed by atoms with Crippen LogP contribution >= 0.6 is 11.6 Å². The summed E-state index contributed by atoms with van der Waals surface area (Å²) in [4.78, 5) is 16.7. The predicted octanol–water partition coefficient (Wildman–Crippen LogP) is 1.87. The Labute approximate surface area is 131 Å². The van der Waals surface area contributed by atoms with Crippen molar-refractivity contribution in [2.75, 3.05) is 32.7 Å². The maximum Gasteiger partial charge on any atom is 0.244 e. The van der Waals surface area contributed by atoms with Crippen LogP contribution in [0.4, 0.5) is 0 Å². The summed E-state index contributed by atoms with van der Waals surface area (Å²) in [5.74, 6) is 0.109. The highest BCUT2D eigenvalue weighted by Gasteiger charge is 2.20. The normalized spacial score (nSPS) is 16.8. The van der Waals surface area contributed by atoms with Gasteiger partial charge in [0, 0.05) is 32.7 Å². The summed E-state index contributed by atoms with van der Waals surface area (Å²) in [6.45, 7) is 12.1. The third-order valence-corrected chi connectivity index (χ3v) is 4.45. The molecular formula is C15H23ClN4O. The molecule has 1 fully saturated rings. The fourth-order valence-electron chi connectivity index (χ4n) is 2.64. The topological polar surface area (TPSA) is 41.4 Å². The lowest BCUT2D eigenvalue weighted by molar-refractivity contribution is -0.131. The zero-order valence-corrected chi connectivity index (χ0v) is 13.6. The van der Waals surface area contributed by atoms with Gasteiger partial charge in [0.05, 0.1) is 16.4 Å². The van der Waals surface area contributed by atoms with Gasteiger partial charge in [0.15, 0.2) is 0 Å². The van der Waals surface area contributed by atoms with E-state index in [-0.39, 0.29) is 12.5 Å². The number of aryl methyl sites for hydroxylation is 1. The second-order valence-corrected chi connectivity index (χ2v) is 5.84.